The van der Waals surface area contributed by atoms with Crippen LogP contribution >= 0.6 is 0 Å². The highest BCUT2D eigenvalue weighted by Gasteiger charge is 2.26. The average Bonchev–Trinajstić information content (AvgIpc) is 2.52. The van der Waals surface area contributed by atoms with Crippen molar-refractivity contribution in [2.75, 3.05) is 0 Å². The van der Waals surface area contributed by atoms with Crippen LogP contribution in [0.1, 0.15) is 25.8 Å². The molecule has 84 valence electrons. The average molecular weight is 210 g/mol. The van der Waals surface area contributed by atoms with E-state index in [1.165, 1.54) is 0 Å². The summed E-state index contributed by atoms with van der Waals surface area (Å²) < 4.78 is 1.66. The number of rotatable bonds is 5. The fourth-order valence-corrected chi connectivity index (χ4v) is 1.33. The van der Waals surface area contributed by atoms with Crippen molar-refractivity contribution in [3.63, 3.8) is 0 Å². The molecular formula is C10H18N4O. The standard InChI is InChI=1S/C10H18N4O/c1-3-4-8-5-13-14(6-8)7-10(2,12)9(11)15/h5-6H,3-4,7,12H2,1-2H3,(H2,11,15). The van der Waals surface area contributed by atoms with E-state index in [0.29, 0.717) is 6.54 Å². The number of amides is 1. The highest BCUT2D eigenvalue weighted by molar-refractivity contribution is 5.83. The Kier molecular flexibility index (Phi) is 3.47. The molecule has 0 saturated carbocycles. The minimum atomic E-state index is -1.05. The van der Waals surface area contributed by atoms with Crippen molar-refractivity contribution in [3.8, 4) is 0 Å². The lowest BCUT2D eigenvalue weighted by Crippen LogP contribution is -2.52. The number of primary amides is 1. The number of aromatic nitrogens is 2. The maximum absolute atomic E-state index is 11.0. The van der Waals surface area contributed by atoms with Crippen molar-refractivity contribution in [3.05, 3.63) is 18.0 Å². The third-order valence-corrected chi connectivity index (χ3v) is 2.28. The van der Waals surface area contributed by atoms with Gasteiger partial charge in [0, 0.05) is 6.20 Å². The molecule has 0 aliphatic carbocycles. The van der Waals surface area contributed by atoms with Crippen LogP contribution < -0.4 is 11.5 Å². The zero-order chi connectivity index (χ0) is 11.5. The molecule has 0 saturated heterocycles. The molecule has 5 heteroatoms. The SMILES string of the molecule is CCCc1cnn(CC(C)(N)C(N)=O)c1. The van der Waals surface area contributed by atoms with Gasteiger partial charge in [-0.05, 0) is 18.9 Å². The summed E-state index contributed by atoms with van der Waals surface area (Å²) in [6.07, 6.45) is 5.75. The molecule has 0 aromatic carbocycles. The number of hydrogen-bond donors (Lipinski definition) is 2. The Labute approximate surface area is 89.4 Å². The van der Waals surface area contributed by atoms with Crippen molar-refractivity contribution in [1.29, 1.82) is 0 Å². The monoisotopic (exact) mass is 210 g/mol. The van der Waals surface area contributed by atoms with Crippen LogP contribution in [0.3, 0.4) is 0 Å². The van der Waals surface area contributed by atoms with Gasteiger partial charge in [-0.15, -0.1) is 0 Å². The molecule has 0 fully saturated rings. The third-order valence-electron chi connectivity index (χ3n) is 2.28. The van der Waals surface area contributed by atoms with Gasteiger partial charge in [0.05, 0.1) is 12.7 Å². The lowest BCUT2D eigenvalue weighted by atomic mass is 10.0. The van der Waals surface area contributed by atoms with E-state index in [9.17, 15) is 4.79 Å². The highest BCUT2D eigenvalue weighted by Crippen LogP contribution is 2.06. The second kappa shape index (κ2) is 4.44. The van der Waals surface area contributed by atoms with Gasteiger partial charge in [0.25, 0.3) is 0 Å². The first kappa shape index (κ1) is 11.7. The molecule has 5 nitrogen and oxygen atoms in total. The second-order valence-electron chi connectivity index (χ2n) is 4.08. The number of carbonyl (C=O) groups excluding carboxylic acids is 1. The van der Waals surface area contributed by atoms with Gasteiger partial charge in [-0.2, -0.15) is 5.10 Å². The van der Waals surface area contributed by atoms with Crippen molar-refractivity contribution in [2.24, 2.45) is 11.5 Å². The van der Waals surface area contributed by atoms with Crippen LogP contribution in [0.4, 0.5) is 0 Å². The van der Waals surface area contributed by atoms with Crippen LogP contribution in [-0.2, 0) is 17.8 Å². The molecule has 4 N–H and O–H groups in total. The molecule has 1 aromatic rings. The molecule has 1 aromatic heterocycles. The molecule has 1 amide bonds. The fourth-order valence-electron chi connectivity index (χ4n) is 1.33. The molecule has 1 heterocycles. The van der Waals surface area contributed by atoms with E-state index in [0.717, 1.165) is 18.4 Å². The Bertz CT molecular complexity index is 343. The molecule has 1 atom stereocenters. The summed E-state index contributed by atoms with van der Waals surface area (Å²) in [5.41, 5.74) is 11.0. The van der Waals surface area contributed by atoms with Crippen LogP contribution in [-0.4, -0.2) is 21.2 Å². The zero-order valence-electron chi connectivity index (χ0n) is 9.23. The Morgan fingerprint density at radius 1 is 1.67 bits per heavy atom. The summed E-state index contributed by atoms with van der Waals surface area (Å²) in [4.78, 5) is 11.0. The molecule has 0 aliphatic heterocycles. The van der Waals surface area contributed by atoms with Crippen LogP contribution in [0.15, 0.2) is 12.4 Å². The summed E-state index contributed by atoms with van der Waals surface area (Å²) in [6.45, 7) is 4.02. The minimum absolute atomic E-state index is 0.312. The van der Waals surface area contributed by atoms with Gasteiger partial charge in [0.1, 0.15) is 5.54 Å². The maximum atomic E-state index is 11.0. The lowest BCUT2D eigenvalue weighted by Gasteiger charge is -2.19. The van der Waals surface area contributed by atoms with E-state index in [-0.39, 0.29) is 0 Å². The number of hydrogen-bond acceptors (Lipinski definition) is 3. The van der Waals surface area contributed by atoms with Gasteiger partial charge in [-0.25, -0.2) is 0 Å². The first-order chi connectivity index (χ1) is 6.95. The topological polar surface area (TPSA) is 86.9 Å². The molecule has 15 heavy (non-hydrogen) atoms. The quantitative estimate of drug-likeness (QED) is 0.719. The molecule has 0 aliphatic rings. The smallest absolute Gasteiger partial charge is 0.239 e. The van der Waals surface area contributed by atoms with Gasteiger partial charge >= 0.3 is 0 Å². The first-order valence-electron chi connectivity index (χ1n) is 5.06. The molecule has 1 rings (SSSR count). The van der Waals surface area contributed by atoms with Gasteiger partial charge < -0.3 is 11.5 Å². The zero-order valence-corrected chi connectivity index (χ0v) is 9.23. The van der Waals surface area contributed by atoms with E-state index in [2.05, 4.69) is 12.0 Å². The van der Waals surface area contributed by atoms with E-state index < -0.39 is 11.4 Å². The van der Waals surface area contributed by atoms with E-state index in [1.54, 1.807) is 17.8 Å². The third kappa shape index (κ3) is 3.06. The van der Waals surface area contributed by atoms with Crippen molar-refractivity contribution in [1.82, 2.24) is 9.78 Å². The highest BCUT2D eigenvalue weighted by atomic mass is 16.1. The summed E-state index contributed by atoms with van der Waals surface area (Å²) in [5, 5.41) is 4.13. The maximum Gasteiger partial charge on any atom is 0.239 e. The lowest BCUT2D eigenvalue weighted by molar-refractivity contribution is -0.123. The molecule has 0 spiro atoms. The summed E-state index contributed by atoms with van der Waals surface area (Å²) in [6, 6.07) is 0. The van der Waals surface area contributed by atoms with Crippen molar-refractivity contribution < 1.29 is 4.79 Å². The van der Waals surface area contributed by atoms with E-state index in [4.69, 9.17) is 11.5 Å². The summed E-state index contributed by atoms with van der Waals surface area (Å²) in [7, 11) is 0. The predicted molar refractivity (Wildman–Crippen MR) is 58.0 cm³/mol. The van der Waals surface area contributed by atoms with E-state index in [1.807, 2.05) is 6.20 Å². The van der Waals surface area contributed by atoms with Gasteiger partial charge in [0.2, 0.25) is 5.91 Å². The first-order valence-corrected chi connectivity index (χ1v) is 5.06. The predicted octanol–water partition coefficient (Wildman–Crippen LogP) is 0.0383. The number of carbonyl (C=O) groups is 1. The molecule has 0 bridgehead atoms. The van der Waals surface area contributed by atoms with Crippen LogP contribution in [0.25, 0.3) is 0 Å². The van der Waals surface area contributed by atoms with Gasteiger partial charge in [0.15, 0.2) is 0 Å². The molecule has 0 radical (unpaired) electrons. The Morgan fingerprint density at radius 3 is 2.87 bits per heavy atom. The van der Waals surface area contributed by atoms with Crippen molar-refractivity contribution >= 4 is 5.91 Å². The number of aryl methyl sites for hydroxylation is 1. The van der Waals surface area contributed by atoms with Gasteiger partial charge in [-0.1, -0.05) is 13.3 Å². The summed E-state index contributed by atoms with van der Waals surface area (Å²) in [5.74, 6) is -0.518. The molecule has 1 unspecified atom stereocenters. The van der Waals surface area contributed by atoms with Gasteiger partial charge in [-0.3, -0.25) is 9.48 Å². The Hall–Kier alpha value is -1.36. The largest absolute Gasteiger partial charge is 0.368 e. The number of nitrogens with zero attached hydrogens (tertiary/aromatic N) is 2. The Balaban J connectivity index is 2.68. The fraction of sp³-hybridized carbons (Fsp3) is 0.600. The van der Waals surface area contributed by atoms with E-state index >= 15 is 0 Å². The van der Waals surface area contributed by atoms with Crippen LogP contribution in [0.5, 0.6) is 0 Å². The van der Waals surface area contributed by atoms with Crippen LogP contribution in [0, 0.1) is 0 Å². The normalized spacial score (nSPS) is 14.9. The minimum Gasteiger partial charge on any atom is -0.368 e. The molecular weight excluding hydrogens is 192 g/mol. The second-order valence-corrected chi connectivity index (χ2v) is 4.08. The number of nitrogens with two attached hydrogens (primary N) is 2. The van der Waals surface area contributed by atoms with Crippen molar-refractivity contribution in [2.45, 2.75) is 38.8 Å². The Morgan fingerprint density at radius 2 is 2.33 bits per heavy atom. The summed E-state index contributed by atoms with van der Waals surface area (Å²) >= 11 is 0. The van der Waals surface area contributed by atoms with Crippen LogP contribution in [0.2, 0.25) is 0 Å².